The Bertz CT molecular complexity index is 1020. The van der Waals surface area contributed by atoms with Gasteiger partial charge in [0.25, 0.3) is 0 Å². The van der Waals surface area contributed by atoms with Crippen molar-refractivity contribution in [2.24, 2.45) is 0 Å². The van der Waals surface area contributed by atoms with E-state index in [0.717, 1.165) is 27.4 Å². The summed E-state index contributed by atoms with van der Waals surface area (Å²) in [7, 11) is 0. The monoisotopic (exact) mass is 272 g/mol. The van der Waals surface area contributed by atoms with E-state index in [2.05, 4.69) is 11.2 Å². The van der Waals surface area contributed by atoms with Crippen LogP contribution in [0, 0.1) is 6.20 Å². The molecule has 0 saturated heterocycles. The molecule has 21 heavy (non-hydrogen) atoms. The van der Waals surface area contributed by atoms with Crippen molar-refractivity contribution in [2.75, 3.05) is 0 Å². The molecule has 3 heteroatoms. The molecule has 0 amide bonds. The maximum Gasteiger partial charge on any atom is 0.336 e. The predicted octanol–water partition coefficient (Wildman–Crippen LogP) is 3.81. The van der Waals surface area contributed by atoms with Gasteiger partial charge >= 0.3 is 5.63 Å². The molecule has 0 spiro atoms. The van der Waals surface area contributed by atoms with E-state index in [1.165, 1.54) is 6.07 Å². The Balaban J connectivity index is 2.03. The number of nitrogens with zero attached hydrogens (tertiary/aromatic N) is 1. The van der Waals surface area contributed by atoms with Crippen LogP contribution in [0.2, 0.25) is 0 Å². The van der Waals surface area contributed by atoms with Crippen LogP contribution in [0.1, 0.15) is 0 Å². The SMILES string of the molecule is O=c1ccc2cccc(-c3[c]nc4ccccc4c3)c2o1. The average Bonchev–Trinajstić information content (AvgIpc) is 2.54. The van der Waals surface area contributed by atoms with Gasteiger partial charge in [0.15, 0.2) is 0 Å². The molecule has 2 heterocycles. The zero-order valence-corrected chi connectivity index (χ0v) is 11.0. The van der Waals surface area contributed by atoms with Gasteiger partial charge in [-0.3, -0.25) is 0 Å². The highest BCUT2D eigenvalue weighted by molar-refractivity contribution is 5.94. The predicted molar refractivity (Wildman–Crippen MR) is 82.1 cm³/mol. The molecular formula is C18H10NO2. The summed E-state index contributed by atoms with van der Waals surface area (Å²) in [6, 6.07) is 18.8. The summed E-state index contributed by atoms with van der Waals surface area (Å²) >= 11 is 0. The largest absolute Gasteiger partial charge is 0.422 e. The minimum absolute atomic E-state index is 0.358. The smallest absolute Gasteiger partial charge is 0.336 e. The van der Waals surface area contributed by atoms with Crippen LogP contribution in [0.4, 0.5) is 0 Å². The van der Waals surface area contributed by atoms with Gasteiger partial charge in [-0.05, 0) is 18.2 Å². The van der Waals surface area contributed by atoms with Crippen molar-refractivity contribution in [1.82, 2.24) is 4.98 Å². The Morgan fingerprint density at radius 2 is 1.76 bits per heavy atom. The lowest BCUT2D eigenvalue weighted by Crippen LogP contribution is -1.95. The number of hydrogen-bond acceptors (Lipinski definition) is 3. The number of aromatic nitrogens is 1. The molecule has 0 atom stereocenters. The molecule has 0 aliphatic heterocycles. The van der Waals surface area contributed by atoms with Crippen molar-refractivity contribution in [2.45, 2.75) is 0 Å². The van der Waals surface area contributed by atoms with E-state index in [4.69, 9.17) is 4.42 Å². The van der Waals surface area contributed by atoms with E-state index in [9.17, 15) is 4.79 Å². The van der Waals surface area contributed by atoms with Crippen molar-refractivity contribution >= 4 is 21.9 Å². The fourth-order valence-corrected chi connectivity index (χ4v) is 2.46. The zero-order valence-electron chi connectivity index (χ0n) is 11.0. The third-order valence-electron chi connectivity index (χ3n) is 3.47. The number of hydrogen-bond donors (Lipinski definition) is 0. The lowest BCUT2D eigenvalue weighted by molar-refractivity contribution is 0.562. The van der Waals surface area contributed by atoms with Gasteiger partial charge in [-0.1, -0.05) is 36.4 Å². The van der Waals surface area contributed by atoms with Crippen molar-refractivity contribution in [3.05, 3.63) is 77.3 Å². The Morgan fingerprint density at radius 3 is 2.71 bits per heavy atom. The number of rotatable bonds is 1. The Hall–Kier alpha value is -2.94. The maximum atomic E-state index is 11.5. The standard InChI is InChI=1S/C18H10NO2/c20-17-9-8-12-5-3-6-15(18(12)21-17)14-10-13-4-1-2-7-16(13)19-11-14/h1-10H. The Kier molecular flexibility index (Phi) is 2.57. The first-order chi connectivity index (χ1) is 10.3. The first-order valence-electron chi connectivity index (χ1n) is 6.62. The second-order valence-electron chi connectivity index (χ2n) is 4.82. The third kappa shape index (κ3) is 1.99. The zero-order chi connectivity index (χ0) is 14.2. The molecule has 0 fully saturated rings. The maximum absolute atomic E-state index is 11.5. The molecule has 0 saturated carbocycles. The summed E-state index contributed by atoms with van der Waals surface area (Å²) in [5.74, 6) is 0. The van der Waals surface area contributed by atoms with Gasteiger partial charge in [0.2, 0.25) is 0 Å². The molecule has 3 nitrogen and oxygen atoms in total. The second kappa shape index (κ2) is 4.56. The fraction of sp³-hybridized carbons (Fsp3) is 0. The van der Waals surface area contributed by atoms with E-state index in [1.807, 2.05) is 48.5 Å². The highest BCUT2D eigenvalue weighted by atomic mass is 16.4. The second-order valence-corrected chi connectivity index (χ2v) is 4.82. The molecule has 0 unspecified atom stereocenters. The van der Waals surface area contributed by atoms with Crippen LogP contribution in [-0.2, 0) is 0 Å². The molecule has 4 aromatic rings. The van der Waals surface area contributed by atoms with E-state index < -0.39 is 0 Å². The van der Waals surface area contributed by atoms with Gasteiger partial charge in [0.05, 0.1) is 11.7 Å². The van der Waals surface area contributed by atoms with Gasteiger partial charge in [0.1, 0.15) is 5.58 Å². The summed E-state index contributed by atoms with van der Waals surface area (Å²) in [6.45, 7) is 0. The van der Waals surface area contributed by atoms with Crippen LogP contribution in [0.25, 0.3) is 33.0 Å². The minimum atomic E-state index is -0.358. The Morgan fingerprint density at radius 1 is 0.905 bits per heavy atom. The normalized spacial score (nSPS) is 11.0. The summed E-state index contributed by atoms with van der Waals surface area (Å²) < 4.78 is 5.36. The third-order valence-corrected chi connectivity index (χ3v) is 3.47. The van der Waals surface area contributed by atoms with Crippen LogP contribution in [0.5, 0.6) is 0 Å². The summed E-state index contributed by atoms with van der Waals surface area (Å²) in [5.41, 5.74) is 2.74. The van der Waals surface area contributed by atoms with Gasteiger partial charge in [-0.25, -0.2) is 9.78 Å². The lowest BCUT2D eigenvalue weighted by atomic mass is 10.0. The summed E-state index contributed by atoms with van der Waals surface area (Å²) in [6.07, 6.45) is 3.03. The van der Waals surface area contributed by atoms with Crippen LogP contribution < -0.4 is 5.63 Å². The first kappa shape index (κ1) is 11.9. The molecule has 1 radical (unpaired) electrons. The summed E-state index contributed by atoms with van der Waals surface area (Å²) in [4.78, 5) is 15.8. The van der Waals surface area contributed by atoms with E-state index >= 15 is 0 Å². The Labute approximate surface area is 120 Å². The highest BCUT2D eigenvalue weighted by Gasteiger charge is 2.08. The topological polar surface area (TPSA) is 43.1 Å². The molecule has 0 bridgehead atoms. The fourth-order valence-electron chi connectivity index (χ4n) is 2.46. The number of fused-ring (bicyclic) bond motifs is 2. The quantitative estimate of drug-likeness (QED) is 0.495. The lowest BCUT2D eigenvalue weighted by Gasteiger charge is -2.05. The van der Waals surface area contributed by atoms with Gasteiger partial charge in [0, 0.05) is 28.0 Å². The van der Waals surface area contributed by atoms with Crippen molar-refractivity contribution < 1.29 is 4.42 Å². The first-order valence-corrected chi connectivity index (χ1v) is 6.62. The molecule has 2 aromatic heterocycles. The van der Waals surface area contributed by atoms with Gasteiger partial charge < -0.3 is 4.42 Å². The molecule has 0 aliphatic carbocycles. The number of benzene rings is 2. The average molecular weight is 272 g/mol. The number of pyridine rings is 1. The minimum Gasteiger partial charge on any atom is -0.422 e. The summed E-state index contributed by atoms with van der Waals surface area (Å²) in [5, 5.41) is 1.91. The van der Waals surface area contributed by atoms with E-state index in [0.29, 0.717) is 5.58 Å². The molecule has 2 aromatic carbocycles. The van der Waals surface area contributed by atoms with Gasteiger partial charge in [-0.2, -0.15) is 0 Å². The molecular weight excluding hydrogens is 262 g/mol. The van der Waals surface area contributed by atoms with Crippen LogP contribution in [-0.4, -0.2) is 4.98 Å². The van der Waals surface area contributed by atoms with Crippen molar-refractivity contribution in [3.63, 3.8) is 0 Å². The van der Waals surface area contributed by atoms with Crippen LogP contribution >= 0.6 is 0 Å². The molecule has 0 aliphatic rings. The number of para-hydroxylation sites is 2. The molecule has 99 valence electrons. The molecule has 4 rings (SSSR count). The van der Waals surface area contributed by atoms with Crippen molar-refractivity contribution in [1.29, 1.82) is 0 Å². The van der Waals surface area contributed by atoms with E-state index in [-0.39, 0.29) is 5.63 Å². The molecule has 0 N–H and O–H groups in total. The van der Waals surface area contributed by atoms with Crippen molar-refractivity contribution in [3.8, 4) is 11.1 Å². The van der Waals surface area contributed by atoms with Gasteiger partial charge in [-0.15, -0.1) is 0 Å². The van der Waals surface area contributed by atoms with Crippen LogP contribution in [0.15, 0.2) is 69.9 Å². The van der Waals surface area contributed by atoms with E-state index in [1.54, 1.807) is 6.07 Å². The highest BCUT2D eigenvalue weighted by Crippen LogP contribution is 2.28. The van der Waals surface area contributed by atoms with Crippen LogP contribution in [0.3, 0.4) is 0 Å².